The Balaban J connectivity index is 3.28. The second-order valence-corrected chi connectivity index (χ2v) is 3.51. The molecule has 0 bridgehead atoms. The molecule has 0 fully saturated rings. The van der Waals surface area contributed by atoms with Crippen LogP contribution in [0.25, 0.3) is 0 Å². The summed E-state index contributed by atoms with van der Waals surface area (Å²) in [6.45, 7) is 4.30. The molecule has 13 heavy (non-hydrogen) atoms. The van der Waals surface area contributed by atoms with Crippen LogP contribution in [0.5, 0.6) is 0 Å². The fourth-order valence-electron chi connectivity index (χ4n) is 1.35. The smallest absolute Gasteiger partial charge is 0.142 e. The predicted molar refractivity (Wildman–Crippen MR) is 53.6 cm³/mol. The summed E-state index contributed by atoms with van der Waals surface area (Å²) in [6.07, 6.45) is 0.628. The average molecular weight is 202 g/mol. The molecule has 1 nitrogen and oxygen atoms in total. The molecule has 72 valence electrons. The van der Waals surface area contributed by atoms with Crippen molar-refractivity contribution < 1.29 is 4.39 Å². The van der Waals surface area contributed by atoms with Crippen molar-refractivity contribution in [1.82, 2.24) is 0 Å². The minimum Gasteiger partial charge on any atom is -0.330 e. The maximum absolute atomic E-state index is 13.2. The topological polar surface area (TPSA) is 26.0 Å². The molecule has 0 radical (unpaired) electrons. The van der Waals surface area contributed by atoms with Crippen LogP contribution in [-0.4, -0.2) is 6.54 Å². The van der Waals surface area contributed by atoms with E-state index < -0.39 is 0 Å². The van der Waals surface area contributed by atoms with Gasteiger partial charge in [0.05, 0.1) is 5.02 Å². The lowest BCUT2D eigenvalue weighted by Crippen LogP contribution is -2.06. The molecule has 0 aromatic heterocycles. The first-order valence-corrected chi connectivity index (χ1v) is 4.60. The van der Waals surface area contributed by atoms with Gasteiger partial charge in [0.1, 0.15) is 5.82 Å². The summed E-state index contributed by atoms with van der Waals surface area (Å²) in [5.74, 6) is -0.354. The standard InChI is InChI=1S/C10H13ClFN/c1-6-5-9(12)10(11)8(3-4-13)7(6)2/h5H,3-4,13H2,1-2H3. The van der Waals surface area contributed by atoms with Crippen LogP contribution in [-0.2, 0) is 6.42 Å². The van der Waals surface area contributed by atoms with Crippen molar-refractivity contribution in [2.45, 2.75) is 20.3 Å². The van der Waals surface area contributed by atoms with E-state index in [2.05, 4.69) is 0 Å². The Kier molecular flexibility index (Phi) is 3.28. The van der Waals surface area contributed by atoms with Crippen LogP contribution in [0.15, 0.2) is 6.07 Å². The number of halogens is 2. The lowest BCUT2D eigenvalue weighted by molar-refractivity contribution is 0.623. The first kappa shape index (κ1) is 10.5. The van der Waals surface area contributed by atoms with Crippen molar-refractivity contribution in [3.05, 3.63) is 33.6 Å². The molecule has 1 aromatic rings. The second-order valence-electron chi connectivity index (χ2n) is 3.13. The summed E-state index contributed by atoms with van der Waals surface area (Å²) in [5.41, 5.74) is 8.21. The normalized spacial score (nSPS) is 10.5. The molecular weight excluding hydrogens is 189 g/mol. The SMILES string of the molecule is Cc1cc(F)c(Cl)c(CCN)c1C. The van der Waals surface area contributed by atoms with Gasteiger partial charge in [0, 0.05) is 0 Å². The number of rotatable bonds is 2. The van der Waals surface area contributed by atoms with E-state index in [1.54, 1.807) is 0 Å². The van der Waals surface area contributed by atoms with Crippen molar-refractivity contribution >= 4 is 11.6 Å². The van der Waals surface area contributed by atoms with E-state index >= 15 is 0 Å². The number of hydrogen-bond acceptors (Lipinski definition) is 1. The summed E-state index contributed by atoms with van der Waals surface area (Å²) in [7, 11) is 0. The van der Waals surface area contributed by atoms with E-state index in [4.69, 9.17) is 17.3 Å². The summed E-state index contributed by atoms with van der Waals surface area (Å²) in [5, 5.41) is 0.216. The highest BCUT2D eigenvalue weighted by molar-refractivity contribution is 6.31. The van der Waals surface area contributed by atoms with Crippen molar-refractivity contribution in [3.8, 4) is 0 Å². The molecule has 0 aliphatic carbocycles. The largest absolute Gasteiger partial charge is 0.330 e. The lowest BCUT2D eigenvalue weighted by Gasteiger charge is -2.10. The third kappa shape index (κ3) is 2.01. The van der Waals surface area contributed by atoms with Gasteiger partial charge in [-0.2, -0.15) is 0 Å². The van der Waals surface area contributed by atoms with Gasteiger partial charge in [-0.15, -0.1) is 0 Å². The highest BCUT2D eigenvalue weighted by Crippen LogP contribution is 2.26. The molecule has 0 aliphatic heterocycles. The summed E-state index contributed by atoms with van der Waals surface area (Å²) >= 11 is 5.82. The number of hydrogen-bond donors (Lipinski definition) is 1. The molecule has 1 aromatic carbocycles. The third-order valence-electron chi connectivity index (χ3n) is 2.26. The van der Waals surface area contributed by atoms with Crippen LogP contribution in [0.4, 0.5) is 4.39 Å². The van der Waals surface area contributed by atoms with Crippen molar-refractivity contribution in [3.63, 3.8) is 0 Å². The molecule has 0 amide bonds. The molecular formula is C10H13ClFN. The summed E-state index contributed by atoms with van der Waals surface area (Å²) in [4.78, 5) is 0. The Morgan fingerprint density at radius 3 is 2.62 bits per heavy atom. The van der Waals surface area contributed by atoms with E-state index in [1.165, 1.54) is 6.07 Å². The number of nitrogens with two attached hydrogens (primary N) is 1. The van der Waals surface area contributed by atoms with Crippen LogP contribution in [0.3, 0.4) is 0 Å². The Morgan fingerprint density at radius 1 is 1.46 bits per heavy atom. The maximum Gasteiger partial charge on any atom is 0.142 e. The van der Waals surface area contributed by atoms with Gasteiger partial charge in [-0.05, 0) is 49.6 Å². The molecule has 0 saturated heterocycles. The highest BCUT2D eigenvalue weighted by Gasteiger charge is 2.10. The molecule has 0 atom stereocenters. The zero-order valence-corrected chi connectivity index (χ0v) is 8.58. The lowest BCUT2D eigenvalue weighted by atomic mass is 10.0. The molecule has 0 unspecified atom stereocenters. The van der Waals surface area contributed by atoms with Gasteiger partial charge in [0.25, 0.3) is 0 Å². The Labute approximate surface area is 82.7 Å². The molecule has 0 saturated carbocycles. The van der Waals surface area contributed by atoms with Crippen molar-refractivity contribution in [2.24, 2.45) is 5.73 Å². The van der Waals surface area contributed by atoms with Gasteiger partial charge in [-0.3, -0.25) is 0 Å². The molecule has 0 spiro atoms. The average Bonchev–Trinajstić information content (AvgIpc) is 2.09. The van der Waals surface area contributed by atoms with E-state index in [9.17, 15) is 4.39 Å². The van der Waals surface area contributed by atoms with Gasteiger partial charge < -0.3 is 5.73 Å². The van der Waals surface area contributed by atoms with Crippen LogP contribution in [0.2, 0.25) is 5.02 Å². The van der Waals surface area contributed by atoms with Gasteiger partial charge in [-0.1, -0.05) is 11.6 Å². The number of aryl methyl sites for hydroxylation is 1. The van der Waals surface area contributed by atoms with Crippen molar-refractivity contribution in [2.75, 3.05) is 6.54 Å². The van der Waals surface area contributed by atoms with E-state index in [0.717, 1.165) is 16.7 Å². The minimum atomic E-state index is -0.354. The van der Waals surface area contributed by atoms with E-state index in [0.29, 0.717) is 13.0 Å². The van der Waals surface area contributed by atoms with Gasteiger partial charge in [-0.25, -0.2) is 4.39 Å². The minimum absolute atomic E-state index is 0.216. The van der Waals surface area contributed by atoms with Crippen molar-refractivity contribution in [1.29, 1.82) is 0 Å². The zero-order valence-electron chi connectivity index (χ0n) is 7.82. The molecule has 1 rings (SSSR count). The first-order valence-electron chi connectivity index (χ1n) is 4.22. The first-order chi connectivity index (χ1) is 6.07. The predicted octanol–water partition coefficient (Wildman–Crippen LogP) is 2.60. The molecule has 0 aliphatic rings. The fraction of sp³-hybridized carbons (Fsp3) is 0.400. The number of benzene rings is 1. The van der Waals surface area contributed by atoms with E-state index in [-0.39, 0.29) is 10.8 Å². The summed E-state index contributed by atoms with van der Waals surface area (Å²) < 4.78 is 13.2. The highest BCUT2D eigenvalue weighted by atomic mass is 35.5. The Hall–Kier alpha value is -0.600. The van der Waals surface area contributed by atoms with Crippen LogP contribution >= 0.6 is 11.6 Å². The fourth-order valence-corrected chi connectivity index (χ4v) is 1.64. The Bertz CT molecular complexity index is 297. The summed E-state index contributed by atoms with van der Waals surface area (Å²) in [6, 6.07) is 1.46. The monoisotopic (exact) mass is 201 g/mol. The molecule has 2 N–H and O–H groups in total. The second kappa shape index (κ2) is 4.07. The Morgan fingerprint density at radius 2 is 2.08 bits per heavy atom. The maximum atomic E-state index is 13.2. The van der Waals surface area contributed by atoms with Crippen LogP contribution in [0.1, 0.15) is 16.7 Å². The van der Waals surface area contributed by atoms with E-state index in [1.807, 2.05) is 13.8 Å². The van der Waals surface area contributed by atoms with Gasteiger partial charge >= 0.3 is 0 Å². The third-order valence-corrected chi connectivity index (χ3v) is 2.67. The van der Waals surface area contributed by atoms with Crippen LogP contribution < -0.4 is 5.73 Å². The quantitative estimate of drug-likeness (QED) is 0.782. The van der Waals surface area contributed by atoms with Gasteiger partial charge in [0.2, 0.25) is 0 Å². The molecule has 0 heterocycles. The molecule has 3 heteroatoms. The van der Waals surface area contributed by atoms with Crippen LogP contribution in [0, 0.1) is 19.7 Å². The zero-order chi connectivity index (χ0) is 10.0. The van der Waals surface area contributed by atoms with Gasteiger partial charge in [0.15, 0.2) is 0 Å².